The van der Waals surface area contributed by atoms with E-state index in [2.05, 4.69) is 10.4 Å². The molecule has 0 radical (unpaired) electrons. The molecule has 1 amide bonds. The van der Waals surface area contributed by atoms with Gasteiger partial charge in [0.1, 0.15) is 11.6 Å². The van der Waals surface area contributed by atoms with Crippen molar-refractivity contribution in [1.82, 2.24) is 9.78 Å². The van der Waals surface area contributed by atoms with Crippen molar-refractivity contribution in [3.05, 3.63) is 72.2 Å². The van der Waals surface area contributed by atoms with Crippen LogP contribution in [0.4, 0.5) is 10.2 Å². The number of hydrogen-bond acceptors (Lipinski definition) is 3. The third-order valence-electron chi connectivity index (χ3n) is 3.73. The zero-order chi connectivity index (χ0) is 18.4. The van der Waals surface area contributed by atoms with E-state index in [1.54, 1.807) is 28.6 Å². The van der Waals surface area contributed by atoms with E-state index < -0.39 is 0 Å². The molecule has 0 unspecified atom stereocenters. The summed E-state index contributed by atoms with van der Waals surface area (Å²) < 4.78 is 14.6. The molecular formula is C20H20FN3OS. The van der Waals surface area contributed by atoms with E-state index in [0.29, 0.717) is 12.2 Å². The molecule has 134 valence electrons. The standard InChI is InChI=1S/C20H20FN3OS/c1-15-14-19(24(23-15)17-6-3-2-4-7-17)22-20(25)8-5-13-26-18-11-9-16(21)10-12-18/h2-4,6-7,9-12,14H,5,8,13H2,1H3,(H,22,25). The van der Waals surface area contributed by atoms with E-state index in [9.17, 15) is 9.18 Å². The van der Waals surface area contributed by atoms with Crippen LogP contribution in [0.5, 0.6) is 0 Å². The van der Waals surface area contributed by atoms with Crippen LogP contribution in [0, 0.1) is 12.7 Å². The molecule has 3 aromatic rings. The molecular weight excluding hydrogens is 349 g/mol. The first kappa shape index (κ1) is 18.2. The number of benzene rings is 2. The summed E-state index contributed by atoms with van der Waals surface area (Å²) in [7, 11) is 0. The molecule has 0 atom stereocenters. The van der Waals surface area contributed by atoms with E-state index in [0.717, 1.165) is 28.5 Å². The third kappa shape index (κ3) is 4.95. The fraction of sp³-hybridized carbons (Fsp3) is 0.200. The molecule has 26 heavy (non-hydrogen) atoms. The van der Waals surface area contributed by atoms with Gasteiger partial charge in [0.15, 0.2) is 0 Å². The van der Waals surface area contributed by atoms with Gasteiger partial charge in [-0.2, -0.15) is 5.10 Å². The lowest BCUT2D eigenvalue weighted by Crippen LogP contribution is -2.14. The highest BCUT2D eigenvalue weighted by Crippen LogP contribution is 2.20. The number of aromatic nitrogens is 2. The topological polar surface area (TPSA) is 46.9 Å². The number of nitrogens with zero attached hydrogens (tertiary/aromatic N) is 2. The summed E-state index contributed by atoms with van der Waals surface area (Å²) >= 11 is 1.62. The molecule has 1 heterocycles. The Morgan fingerprint density at radius 2 is 1.88 bits per heavy atom. The lowest BCUT2D eigenvalue weighted by Gasteiger charge is -2.09. The first-order chi connectivity index (χ1) is 12.6. The minimum absolute atomic E-state index is 0.0400. The molecule has 0 bridgehead atoms. The van der Waals surface area contributed by atoms with Gasteiger partial charge in [-0.25, -0.2) is 9.07 Å². The number of carbonyl (C=O) groups excluding carboxylic acids is 1. The minimum Gasteiger partial charge on any atom is -0.311 e. The maximum Gasteiger partial charge on any atom is 0.225 e. The number of anilines is 1. The van der Waals surface area contributed by atoms with Gasteiger partial charge in [0, 0.05) is 17.4 Å². The van der Waals surface area contributed by atoms with Gasteiger partial charge in [-0.05, 0) is 55.5 Å². The van der Waals surface area contributed by atoms with Crippen LogP contribution in [0.15, 0.2) is 65.6 Å². The molecule has 4 nitrogen and oxygen atoms in total. The fourth-order valence-corrected chi connectivity index (χ4v) is 3.37. The van der Waals surface area contributed by atoms with Crippen molar-refractivity contribution < 1.29 is 9.18 Å². The summed E-state index contributed by atoms with van der Waals surface area (Å²) in [5.41, 5.74) is 1.75. The van der Waals surface area contributed by atoms with Gasteiger partial charge in [-0.15, -0.1) is 11.8 Å². The van der Waals surface area contributed by atoms with Crippen LogP contribution in [-0.2, 0) is 4.79 Å². The molecule has 6 heteroatoms. The highest BCUT2D eigenvalue weighted by atomic mass is 32.2. The number of rotatable bonds is 7. The van der Waals surface area contributed by atoms with Crippen LogP contribution in [0.25, 0.3) is 5.69 Å². The largest absolute Gasteiger partial charge is 0.311 e. The Morgan fingerprint density at radius 1 is 1.15 bits per heavy atom. The van der Waals surface area contributed by atoms with Gasteiger partial charge < -0.3 is 5.32 Å². The number of hydrogen-bond donors (Lipinski definition) is 1. The molecule has 1 N–H and O–H groups in total. The molecule has 0 saturated heterocycles. The van der Waals surface area contributed by atoms with Gasteiger partial charge in [0.25, 0.3) is 0 Å². The normalized spacial score (nSPS) is 10.7. The van der Waals surface area contributed by atoms with E-state index in [1.807, 2.05) is 43.3 Å². The number of halogens is 1. The number of aryl methyl sites for hydroxylation is 1. The van der Waals surface area contributed by atoms with Gasteiger partial charge in [-0.3, -0.25) is 4.79 Å². The van der Waals surface area contributed by atoms with Crippen molar-refractivity contribution in [2.45, 2.75) is 24.7 Å². The van der Waals surface area contributed by atoms with Gasteiger partial charge in [-0.1, -0.05) is 18.2 Å². The average molecular weight is 369 g/mol. The molecule has 0 aliphatic carbocycles. The number of thioether (sulfide) groups is 1. The predicted molar refractivity (Wildman–Crippen MR) is 103 cm³/mol. The quantitative estimate of drug-likeness (QED) is 0.479. The Hall–Kier alpha value is -2.60. The second-order valence-corrected chi connectivity index (χ2v) is 7.04. The zero-order valence-corrected chi connectivity index (χ0v) is 15.3. The van der Waals surface area contributed by atoms with E-state index in [1.165, 1.54) is 12.1 Å². The third-order valence-corrected chi connectivity index (χ3v) is 4.83. The first-order valence-corrected chi connectivity index (χ1v) is 9.41. The Bertz CT molecular complexity index is 863. The van der Waals surface area contributed by atoms with Crippen molar-refractivity contribution in [1.29, 1.82) is 0 Å². The van der Waals surface area contributed by atoms with Crippen LogP contribution in [-0.4, -0.2) is 21.4 Å². The smallest absolute Gasteiger partial charge is 0.225 e. The summed E-state index contributed by atoms with van der Waals surface area (Å²) in [6, 6.07) is 18.0. The molecule has 0 aliphatic heterocycles. The van der Waals surface area contributed by atoms with Crippen molar-refractivity contribution in [3.8, 4) is 5.69 Å². The second-order valence-electron chi connectivity index (χ2n) is 5.87. The van der Waals surface area contributed by atoms with Gasteiger partial charge in [0.05, 0.1) is 11.4 Å². The maximum absolute atomic E-state index is 12.9. The lowest BCUT2D eigenvalue weighted by atomic mass is 10.3. The molecule has 0 spiro atoms. The Kier molecular flexibility index (Phi) is 6.07. The summed E-state index contributed by atoms with van der Waals surface area (Å²) in [4.78, 5) is 13.3. The molecule has 0 fully saturated rings. The van der Waals surface area contributed by atoms with Crippen LogP contribution >= 0.6 is 11.8 Å². The monoisotopic (exact) mass is 369 g/mol. The van der Waals surface area contributed by atoms with Crippen molar-refractivity contribution in [3.63, 3.8) is 0 Å². The molecule has 1 aromatic heterocycles. The number of carbonyl (C=O) groups is 1. The van der Waals surface area contributed by atoms with Crippen LogP contribution in [0.3, 0.4) is 0 Å². The predicted octanol–water partition coefficient (Wildman–Crippen LogP) is 4.83. The lowest BCUT2D eigenvalue weighted by molar-refractivity contribution is -0.116. The van der Waals surface area contributed by atoms with Crippen molar-refractivity contribution in [2.24, 2.45) is 0 Å². The van der Waals surface area contributed by atoms with Crippen molar-refractivity contribution in [2.75, 3.05) is 11.1 Å². The number of para-hydroxylation sites is 1. The van der Waals surface area contributed by atoms with Crippen molar-refractivity contribution >= 4 is 23.5 Å². The summed E-state index contributed by atoms with van der Waals surface area (Å²) in [5.74, 6) is 1.20. The number of amides is 1. The van der Waals surface area contributed by atoms with Crippen LogP contribution < -0.4 is 5.32 Å². The summed E-state index contributed by atoms with van der Waals surface area (Å²) in [6.45, 7) is 1.90. The van der Waals surface area contributed by atoms with Crippen LogP contribution in [0.2, 0.25) is 0 Å². The van der Waals surface area contributed by atoms with Gasteiger partial charge >= 0.3 is 0 Å². The minimum atomic E-state index is -0.237. The van der Waals surface area contributed by atoms with Gasteiger partial charge in [0.2, 0.25) is 5.91 Å². The molecule has 0 saturated carbocycles. The second kappa shape index (κ2) is 8.67. The Morgan fingerprint density at radius 3 is 2.62 bits per heavy atom. The summed E-state index contributed by atoms with van der Waals surface area (Å²) in [5, 5.41) is 7.38. The highest BCUT2D eigenvalue weighted by Gasteiger charge is 2.10. The first-order valence-electron chi connectivity index (χ1n) is 8.42. The van der Waals surface area contributed by atoms with E-state index >= 15 is 0 Å². The molecule has 2 aromatic carbocycles. The van der Waals surface area contributed by atoms with E-state index in [-0.39, 0.29) is 11.7 Å². The zero-order valence-electron chi connectivity index (χ0n) is 14.5. The number of nitrogens with one attached hydrogen (secondary N) is 1. The Balaban J connectivity index is 1.51. The fourth-order valence-electron chi connectivity index (χ4n) is 2.51. The SMILES string of the molecule is Cc1cc(NC(=O)CCCSc2ccc(F)cc2)n(-c2ccccc2)n1. The van der Waals surface area contributed by atoms with E-state index in [4.69, 9.17) is 0 Å². The van der Waals surface area contributed by atoms with Crippen LogP contribution in [0.1, 0.15) is 18.5 Å². The Labute approximate surface area is 156 Å². The summed E-state index contributed by atoms with van der Waals surface area (Å²) in [6.07, 6.45) is 1.17. The average Bonchev–Trinajstić information content (AvgIpc) is 3.01. The maximum atomic E-state index is 12.9. The molecule has 0 aliphatic rings. The highest BCUT2D eigenvalue weighted by molar-refractivity contribution is 7.99. The molecule has 3 rings (SSSR count).